The fraction of sp³-hybridized carbons (Fsp3) is 0.682. The van der Waals surface area contributed by atoms with Gasteiger partial charge in [0.05, 0.1) is 30.9 Å². The maximum atomic E-state index is 12.9. The van der Waals surface area contributed by atoms with Gasteiger partial charge in [0.1, 0.15) is 0 Å². The molecular weight excluding hydrogens is 395 g/mol. The van der Waals surface area contributed by atoms with Crippen LogP contribution in [0.1, 0.15) is 50.2 Å². The first kappa shape index (κ1) is 22.9. The van der Waals surface area contributed by atoms with E-state index >= 15 is 0 Å². The van der Waals surface area contributed by atoms with Gasteiger partial charge in [0.25, 0.3) is 0 Å². The van der Waals surface area contributed by atoms with E-state index in [1.807, 2.05) is 6.92 Å². The molecule has 168 valence electrons. The number of halogens is 3. The summed E-state index contributed by atoms with van der Waals surface area (Å²) in [5.74, 6) is 0.740. The number of hydrogen-bond donors (Lipinski definition) is 1. The molecule has 0 aromatic heterocycles. The van der Waals surface area contributed by atoms with Crippen molar-refractivity contribution in [2.45, 2.75) is 64.0 Å². The molecule has 2 aliphatic rings. The van der Waals surface area contributed by atoms with Crippen molar-refractivity contribution in [2.75, 3.05) is 32.8 Å². The van der Waals surface area contributed by atoms with Crippen LogP contribution in [0.4, 0.5) is 13.2 Å². The molecule has 8 heteroatoms. The molecule has 0 radical (unpaired) electrons. The Balaban J connectivity index is 1.51. The van der Waals surface area contributed by atoms with E-state index in [0.717, 1.165) is 57.4 Å². The molecule has 2 aliphatic heterocycles. The minimum atomic E-state index is -4.34. The normalized spacial score (nSPS) is 21.7. The molecule has 0 saturated carbocycles. The first-order valence-corrected chi connectivity index (χ1v) is 10.9. The van der Waals surface area contributed by atoms with Crippen LogP contribution in [0.2, 0.25) is 0 Å². The second kappa shape index (κ2) is 11.0. The highest BCUT2D eigenvalue weighted by Gasteiger charge is 2.30. The number of aliphatic imine (C=N–C) groups is 1. The van der Waals surface area contributed by atoms with Crippen LogP contribution in [-0.2, 0) is 22.2 Å². The monoisotopic (exact) mass is 427 g/mol. The average Bonchev–Trinajstić information content (AvgIpc) is 2.76. The van der Waals surface area contributed by atoms with Crippen LogP contribution in [0, 0.1) is 0 Å². The van der Waals surface area contributed by atoms with Gasteiger partial charge in [-0.2, -0.15) is 13.2 Å². The molecular formula is C22H32F3N3O2. The first-order valence-electron chi connectivity index (χ1n) is 10.9. The molecule has 1 unspecified atom stereocenters. The van der Waals surface area contributed by atoms with Gasteiger partial charge < -0.3 is 19.7 Å². The lowest BCUT2D eigenvalue weighted by atomic mass is 10.1. The van der Waals surface area contributed by atoms with Crippen LogP contribution in [0.25, 0.3) is 0 Å². The lowest BCUT2D eigenvalue weighted by Crippen LogP contribution is -2.47. The lowest BCUT2D eigenvalue weighted by molar-refractivity contribution is -0.137. The molecule has 1 aromatic rings. The van der Waals surface area contributed by atoms with E-state index in [0.29, 0.717) is 18.7 Å². The fourth-order valence-corrected chi connectivity index (χ4v) is 3.85. The van der Waals surface area contributed by atoms with E-state index in [1.54, 1.807) is 6.07 Å². The molecule has 30 heavy (non-hydrogen) atoms. The molecule has 0 bridgehead atoms. The lowest BCUT2D eigenvalue weighted by Gasteiger charge is -2.35. The van der Waals surface area contributed by atoms with Crippen LogP contribution in [0.3, 0.4) is 0 Å². The van der Waals surface area contributed by atoms with E-state index in [2.05, 4.69) is 15.2 Å². The molecule has 2 heterocycles. The molecule has 1 atom stereocenters. The largest absolute Gasteiger partial charge is 0.416 e. The molecule has 2 fully saturated rings. The average molecular weight is 428 g/mol. The molecule has 0 aliphatic carbocycles. The number of alkyl halides is 3. The zero-order valence-corrected chi connectivity index (χ0v) is 17.6. The highest BCUT2D eigenvalue weighted by atomic mass is 19.4. The number of rotatable bonds is 6. The van der Waals surface area contributed by atoms with Crippen LogP contribution < -0.4 is 5.32 Å². The van der Waals surface area contributed by atoms with Crippen LogP contribution in [-0.4, -0.2) is 55.9 Å². The third-order valence-electron chi connectivity index (χ3n) is 5.53. The van der Waals surface area contributed by atoms with Gasteiger partial charge in [-0.15, -0.1) is 0 Å². The molecule has 0 spiro atoms. The number of nitrogens with one attached hydrogen (secondary N) is 1. The Morgan fingerprint density at radius 1 is 1.23 bits per heavy atom. The number of guanidine groups is 1. The van der Waals surface area contributed by atoms with Crippen LogP contribution in [0.5, 0.6) is 0 Å². The summed E-state index contributed by atoms with van der Waals surface area (Å²) in [5.41, 5.74) is -0.0916. The Bertz CT molecular complexity index is 682. The summed E-state index contributed by atoms with van der Waals surface area (Å²) in [6, 6.07) is 5.36. The summed E-state index contributed by atoms with van der Waals surface area (Å²) < 4.78 is 50.6. The number of likely N-dealkylation sites (tertiary alicyclic amines) is 1. The minimum absolute atomic E-state index is 0.210. The van der Waals surface area contributed by atoms with Gasteiger partial charge in [0.15, 0.2) is 5.96 Å². The van der Waals surface area contributed by atoms with Gasteiger partial charge in [-0.05, 0) is 56.7 Å². The van der Waals surface area contributed by atoms with E-state index in [-0.39, 0.29) is 18.8 Å². The maximum Gasteiger partial charge on any atom is 0.416 e. The number of hydrogen-bond acceptors (Lipinski definition) is 3. The topological polar surface area (TPSA) is 46.1 Å². The van der Waals surface area contributed by atoms with Crippen molar-refractivity contribution < 1.29 is 22.6 Å². The smallest absolute Gasteiger partial charge is 0.376 e. The minimum Gasteiger partial charge on any atom is -0.376 e. The van der Waals surface area contributed by atoms with Crippen molar-refractivity contribution in [1.82, 2.24) is 10.2 Å². The van der Waals surface area contributed by atoms with Gasteiger partial charge in [-0.25, -0.2) is 4.99 Å². The quantitative estimate of drug-likeness (QED) is 0.546. The van der Waals surface area contributed by atoms with E-state index < -0.39 is 11.7 Å². The van der Waals surface area contributed by atoms with Gasteiger partial charge in [-0.3, -0.25) is 0 Å². The van der Waals surface area contributed by atoms with Crippen molar-refractivity contribution in [1.29, 1.82) is 0 Å². The number of benzene rings is 1. The summed E-state index contributed by atoms with van der Waals surface area (Å²) in [4.78, 5) is 6.74. The SMILES string of the molecule is CCNC(=NCc1cccc(C(F)(F)F)c1)N1CCC(OCC2CCCCO2)CC1. The Labute approximate surface area is 176 Å². The third kappa shape index (κ3) is 6.87. The highest BCUT2D eigenvalue weighted by molar-refractivity contribution is 5.80. The van der Waals surface area contributed by atoms with Gasteiger partial charge in [0, 0.05) is 26.2 Å². The molecule has 1 N–H and O–H groups in total. The Hall–Kier alpha value is -1.80. The number of piperidine rings is 1. The second-order valence-corrected chi connectivity index (χ2v) is 7.88. The van der Waals surface area contributed by atoms with Crippen molar-refractivity contribution in [3.05, 3.63) is 35.4 Å². The van der Waals surface area contributed by atoms with Crippen LogP contribution >= 0.6 is 0 Å². The van der Waals surface area contributed by atoms with E-state index in [1.165, 1.54) is 18.6 Å². The van der Waals surface area contributed by atoms with Gasteiger partial charge in [0.2, 0.25) is 0 Å². The zero-order valence-electron chi connectivity index (χ0n) is 17.6. The molecule has 1 aromatic carbocycles. The second-order valence-electron chi connectivity index (χ2n) is 7.88. The summed E-state index contributed by atoms with van der Waals surface area (Å²) in [6.45, 7) is 6.02. The summed E-state index contributed by atoms with van der Waals surface area (Å²) in [6.07, 6.45) is 1.34. The van der Waals surface area contributed by atoms with E-state index in [9.17, 15) is 13.2 Å². The van der Waals surface area contributed by atoms with Crippen molar-refractivity contribution in [2.24, 2.45) is 4.99 Å². The Morgan fingerprint density at radius 3 is 2.70 bits per heavy atom. The van der Waals surface area contributed by atoms with E-state index in [4.69, 9.17) is 9.47 Å². The first-order chi connectivity index (χ1) is 14.5. The molecule has 3 rings (SSSR count). The van der Waals surface area contributed by atoms with Gasteiger partial charge in [-0.1, -0.05) is 12.1 Å². The molecule has 5 nitrogen and oxygen atoms in total. The summed E-state index contributed by atoms with van der Waals surface area (Å²) >= 11 is 0. The predicted octanol–water partition coefficient (Wildman–Crippen LogP) is 4.22. The number of nitrogens with zero attached hydrogens (tertiary/aromatic N) is 2. The maximum absolute atomic E-state index is 12.9. The standard InChI is InChI=1S/C22H32F3N3O2/c1-2-26-21(27-15-17-6-5-7-18(14-17)22(23,24)25)28-11-9-19(10-12-28)30-16-20-8-3-4-13-29-20/h5-7,14,19-20H,2-4,8-13,15-16H2,1H3,(H,26,27). The van der Waals surface area contributed by atoms with Crippen molar-refractivity contribution in [3.8, 4) is 0 Å². The highest BCUT2D eigenvalue weighted by Crippen LogP contribution is 2.29. The predicted molar refractivity (Wildman–Crippen MR) is 110 cm³/mol. The summed E-state index contributed by atoms with van der Waals surface area (Å²) in [5, 5.41) is 3.26. The van der Waals surface area contributed by atoms with Crippen molar-refractivity contribution >= 4 is 5.96 Å². The Kier molecular flexibility index (Phi) is 8.39. The fourth-order valence-electron chi connectivity index (χ4n) is 3.85. The number of ether oxygens (including phenoxy) is 2. The molecule has 0 amide bonds. The van der Waals surface area contributed by atoms with Gasteiger partial charge >= 0.3 is 6.18 Å². The van der Waals surface area contributed by atoms with Crippen LogP contribution in [0.15, 0.2) is 29.3 Å². The third-order valence-corrected chi connectivity index (χ3v) is 5.53. The van der Waals surface area contributed by atoms with Crippen molar-refractivity contribution in [3.63, 3.8) is 0 Å². The molecule has 2 saturated heterocycles. The Morgan fingerprint density at radius 2 is 2.03 bits per heavy atom. The zero-order chi connectivity index (χ0) is 21.4. The summed E-state index contributed by atoms with van der Waals surface area (Å²) in [7, 11) is 0.